The van der Waals surface area contributed by atoms with E-state index in [0.717, 1.165) is 50.3 Å². The molecule has 0 aromatic heterocycles. The molecular weight excluding hydrogens is 362 g/mol. The second kappa shape index (κ2) is 10.1. The van der Waals surface area contributed by atoms with Crippen LogP contribution >= 0.6 is 12.4 Å². The van der Waals surface area contributed by atoms with E-state index in [0.29, 0.717) is 19.5 Å². The van der Waals surface area contributed by atoms with E-state index in [1.807, 2.05) is 40.1 Å². The maximum Gasteiger partial charge on any atom is 0.239 e. The number of nitrogens with two attached hydrogens (primary N) is 1. The number of nitrogens with zero attached hydrogens (tertiary/aromatic N) is 2. The van der Waals surface area contributed by atoms with Gasteiger partial charge in [-0.2, -0.15) is 0 Å². The average molecular weight is 394 g/mol. The summed E-state index contributed by atoms with van der Waals surface area (Å²) in [6.45, 7) is 5.32. The Kier molecular flexibility index (Phi) is 8.11. The number of halogens is 1. The van der Waals surface area contributed by atoms with Crippen molar-refractivity contribution in [1.82, 2.24) is 9.80 Å². The van der Waals surface area contributed by atoms with Crippen molar-refractivity contribution in [1.29, 1.82) is 0 Å². The Labute approximate surface area is 168 Å². The van der Waals surface area contributed by atoms with E-state index in [2.05, 4.69) is 6.92 Å². The highest BCUT2D eigenvalue weighted by Crippen LogP contribution is 2.24. The van der Waals surface area contributed by atoms with Crippen molar-refractivity contribution in [2.24, 2.45) is 17.6 Å². The van der Waals surface area contributed by atoms with Crippen LogP contribution in [0.25, 0.3) is 0 Å². The smallest absolute Gasteiger partial charge is 0.239 e. The summed E-state index contributed by atoms with van der Waals surface area (Å²) in [6.07, 6.45) is 4.29. The number of hydrogen-bond donors (Lipinski definition) is 1. The molecule has 1 aromatic carbocycles. The van der Waals surface area contributed by atoms with Crippen LogP contribution < -0.4 is 5.73 Å². The zero-order valence-electron chi connectivity index (χ0n) is 16.2. The molecule has 1 aromatic rings. The highest BCUT2D eigenvalue weighted by molar-refractivity contribution is 5.85. The van der Waals surface area contributed by atoms with Gasteiger partial charge in [-0.05, 0) is 43.6 Å². The summed E-state index contributed by atoms with van der Waals surface area (Å²) in [5.74, 6) is 1.09. The zero-order valence-corrected chi connectivity index (χ0v) is 17.0. The Morgan fingerprint density at radius 2 is 1.56 bits per heavy atom. The lowest BCUT2D eigenvalue weighted by Gasteiger charge is -2.37. The van der Waals surface area contributed by atoms with E-state index in [-0.39, 0.29) is 30.1 Å². The van der Waals surface area contributed by atoms with Crippen molar-refractivity contribution in [3.63, 3.8) is 0 Å². The van der Waals surface area contributed by atoms with Crippen LogP contribution in [0.3, 0.4) is 0 Å². The molecule has 0 spiro atoms. The molecule has 0 radical (unpaired) electrons. The third-order valence-electron chi connectivity index (χ3n) is 5.87. The number of rotatable bonds is 4. The van der Waals surface area contributed by atoms with Gasteiger partial charge < -0.3 is 15.5 Å². The first-order chi connectivity index (χ1) is 12.5. The maximum absolute atomic E-state index is 12.7. The van der Waals surface area contributed by atoms with Crippen molar-refractivity contribution in [2.75, 3.05) is 26.2 Å². The van der Waals surface area contributed by atoms with E-state index in [9.17, 15) is 9.59 Å². The van der Waals surface area contributed by atoms with Crippen molar-refractivity contribution >= 4 is 24.2 Å². The van der Waals surface area contributed by atoms with Gasteiger partial charge in [0.2, 0.25) is 11.8 Å². The van der Waals surface area contributed by atoms with Gasteiger partial charge in [0.05, 0.1) is 6.04 Å². The molecule has 2 amide bonds. The first kappa shape index (κ1) is 21.7. The molecular formula is C21H32ClN3O2. The molecule has 3 rings (SSSR count). The number of carbonyl (C=O) groups is 2. The molecule has 0 saturated carbocycles. The van der Waals surface area contributed by atoms with Crippen LogP contribution in [-0.2, 0) is 16.0 Å². The largest absolute Gasteiger partial charge is 0.342 e. The standard InChI is InChI=1S/C21H31N3O2.ClH/c1-16-7-11-23(12-8-16)20(25)18-9-13-24(14-10-18)21(26)19(22)15-17-5-3-2-4-6-17;/h2-6,16,18-19H,7-15,22H2,1H3;1H/t19-;/m0./s1. The highest BCUT2D eigenvalue weighted by Gasteiger charge is 2.32. The van der Waals surface area contributed by atoms with Gasteiger partial charge in [-0.1, -0.05) is 37.3 Å². The first-order valence-corrected chi connectivity index (χ1v) is 9.91. The number of piperidine rings is 2. The minimum atomic E-state index is -0.506. The number of carbonyl (C=O) groups excluding carboxylic acids is 2. The van der Waals surface area contributed by atoms with Crippen molar-refractivity contribution in [2.45, 2.75) is 45.1 Å². The highest BCUT2D eigenvalue weighted by atomic mass is 35.5. The predicted molar refractivity (Wildman–Crippen MR) is 110 cm³/mol. The molecule has 2 aliphatic rings. The quantitative estimate of drug-likeness (QED) is 0.854. The maximum atomic E-state index is 12.7. The van der Waals surface area contributed by atoms with Crippen LogP contribution in [0.1, 0.15) is 38.2 Å². The van der Waals surface area contributed by atoms with E-state index in [1.54, 1.807) is 0 Å². The van der Waals surface area contributed by atoms with Crippen molar-refractivity contribution in [3.05, 3.63) is 35.9 Å². The molecule has 0 bridgehead atoms. The van der Waals surface area contributed by atoms with Crippen LogP contribution in [0.4, 0.5) is 0 Å². The molecule has 6 heteroatoms. The van der Waals surface area contributed by atoms with E-state index < -0.39 is 6.04 Å². The van der Waals surface area contributed by atoms with Crippen molar-refractivity contribution < 1.29 is 9.59 Å². The second-order valence-corrected chi connectivity index (χ2v) is 7.90. The predicted octanol–water partition coefficient (Wildman–Crippen LogP) is 2.48. The molecule has 2 N–H and O–H groups in total. The number of hydrogen-bond acceptors (Lipinski definition) is 3. The van der Waals surface area contributed by atoms with Crippen molar-refractivity contribution in [3.8, 4) is 0 Å². The van der Waals surface area contributed by atoms with Crippen LogP contribution in [-0.4, -0.2) is 53.8 Å². The summed E-state index contributed by atoms with van der Waals surface area (Å²) in [5, 5.41) is 0. The molecule has 2 heterocycles. The molecule has 2 aliphatic heterocycles. The Balaban J connectivity index is 0.00000261. The minimum absolute atomic E-state index is 0. The van der Waals surface area contributed by atoms with Crippen LogP contribution in [0.2, 0.25) is 0 Å². The summed E-state index contributed by atoms with van der Waals surface area (Å²) in [4.78, 5) is 29.2. The summed E-state index contributed by atoms with van der Waals surface area (Å²) in [5.41, 5.74) is 7.22. The van der Waals surface area contributed by atoms with Crippen LogP contribution in [0.5, 0.6) is 0 Å². The Hall–Kier alpha value is -1.59. The SMILES string of the molecule is CC1CCN(C(=O)C2CCN(C(=O)[C@@H](N)Cc3ccccc3)CC2)CC1.Cl. The van der Waals surface area contributed by atoms with E-state index in [1.165, 1.54) is 0 Å². The monoisotopic (exact) mass is 393 g/mol. The van der Waals surface area contributed by atoms with Gasteiger partial charge >= 0.3 is 0 Å². The van der Waals surface area contributed by atoms with Gasteiger partial charge in [0.25, 0.3) is 0 Å². The summed E-state index contributed by atoms with van der Waals surface area (Å²) < 4.78 is 0. The van der Waals surface area contributed by atoms with Gasteiger partial charge in [-0.25, -0.2) is 0 Å². The third kappa shape index (κ3) is 5.69. The Morgan fingerprint density at radius 3 is 2.15 bits per heavy atom. The molecule has 150 valence electrons. The number of amides is 2. The normalized spacial score (nSPS) is 20.1. The van der Waals surface area contributed by atoms with Gasteiger partial charge in [-0.15, -0.1) is 12.4 Å². The molecule has 5 nitrogen and oxygen atoms in total. The zero-order chi connectivity index (χ0) is 18.5. The fraction of sp³-hybridized carbons (Fsp3) is 0.619. The molecule has 1 atom stereocenters. The first-order valence-electron chi connectivity index (χ1n) is 9.91. The average Bonchev–Trinajstić information content (AvgIpc) is 2.68. The summed E-state index contributed by atoms with van der Waals surface area (Å²) in [7, 11) is 0. The lowest BCUT2D eigenvalue weighted by molar-refractivity contribution is -0.142. The lowest BCUT2D eigenvalue weighted by Crippen LogP contribution is -2.50. The topological polar surface area (TPSA) is 66.6 Å². The fourth-order valence-electron chi connectivity index (χ4n) is 4.02. The summed E-state index contributed by atoms with van der Waals surface area (Å²) >= 11 is 0. The molecule has 0 aliphatic carbocycles. The number of likely N-dealkylation sites (tertiary alicyclic amines) is 2. The lowest BCUT2D eigenvalue weighted by atomic mass is 9.92. The summed E-state index contributed by atoms with van der Waals surface area (Å²) in [6, 6.07) is 9.38. The number of benzene rings is 1. The van der Waals surface area contributed by atoms with Gasteiger partial charge in [0, 0.05) is 32.1 Å². The van der Waals surface area contributed by atoms with Crippen LogP contribution in [0.15, 0.2) is 30.3 Å². The third-order valence-corrected chi connectivity index (χ3v) is 5.87. The fourth-order valence-corrected chi connectivity index (χ4v) is 4.02. The Bertz CT molecular complexity index is 609. The second-order valence-electron chi connectivity index (χ2n) is 7.90. The molecule has 2 saturated heterocycles. The Morgan fingerprint density at radius 1 is 1.00 bits per heavy atom. The minimum Gasteiger partial charge on any atom is -0.342 e. The molecule has 0 unspecified atom stereocenters. The van der Waals surface area contributed by atoms with Crippen LogP contribution in [0, 0.1) is 11.8 Å². The molecule has 27 heavy (non-hydrogen) atoms. The van der Waals surface area contributed by atoms with Gasteiger partial charge in [0.15, 0.2) is 0 Å². The molecule has 2 fully saturated rings. The van der Waals surface area contributed by atoms with E-state index in [4.69, 9.17) is 5.73 Å². The van der Waals surface area contributed by atoms with E-state index >= 15 is 0 Å². The van der Waals surface area contributed by atoms with Gasteiger partial charge in [0.1, 0.15) is 0 Å². The van der Waals surface area contributed by atoms with Gasteiger partial charge in [-0.3, -0.25) is 9.59 Å².